The fourth-order valence-electron chi connectivity index (χ4n) is 6.68. The van der Waals surface area contributed by atoms with Gasteiger partial charge in [-0.15, -0.1) is 0 Å². The maximum atomic E-state index is 12.8. The average Bonchev–Trinajstić information content (AvgIpc) is 3.47. The monoisotopic (exact) mass is 534 g/mol. The second kappa shape index (κ2) is 7.78. The van der Waals surface area contributed by atoms with Gasteiger partial charge in [-0.1, -0.05) is 24.3 Å². The minimum absolute atomic E-state index is 0.0660. The van der Waals surface area contributed by atoms with Crippen molar-refractivity contribution in [1.82, 2.24) is 10.0 Å². The first-order valence-electron chi connectivity index (χ1n) is 11.4. The maximum absolute atomic E-state index is 12.8. The van der Waals surface area contributed by atoms with Crippen LogP contribution in [0, 0.1) is 32.1 Å². The summed E-state index contributed by atoms with van der Waals surface area (Å²) in [6.45, 7) is 0. The van der Waals surface area contributed by atoms with Crippen LogP contribution in [0.2, 0.25) is 0 Å². The zero-order valence-corrected chi connectivity index (χ0v) is 20.4. The molecule has 0 aliphatic carbocycles. The van der Waals surface area contributed by atoms with Gasteiger partial charge in [0.25, 0.3) is 11.4 Å². The lowest BCUT2D eigenvalue weighted by Gasteiger charge is -2.34. The Morgan fingerprint density at radius 3 is 1.25 bits per heavy atom. The van der Waals surface area contributed by atoms with Gasteiger partial charge in [0.05, 0.1) is 44.9 Å². The fraction of sp³-hybridized carbons (Fsp3) is 0.455. The molecule has 12 nitrogen and oxygen atoms in total. The number of rotatable bonds is 4. The third-order valence-corrected chi connectivity index (χ3v) is 11.4. The standard InChI is InChI=1S/C22H22N4O8S2/c27-25(28)15-5-1-13(2-6-15)21-17-9-35(31,32)11-19(17)24-22(14-3-7-16(8-4-14)26(29)30)18-10-36(33,34)12-20(18)23(21)24/h1-8,17-22H,9-12H2. The van der Waals surface area contributed by atoms with Crippen molar-refractivity contribution in [2.45, 2.75) is 24.2 Å². The fourth-order valence-corrected chi connectivity index (χ4v) is 10.8. The van der Waals surface area contributed by atoms with Crippen LogP contribution in [0.15, 0.2) is 48.5 Å². The van der Waals surface area contributed by atoms with Crippen LogP contribution in [0.3, 0.4) is 0 Å². The quantitative estimate of drug-likeness (QED) is 0.417. The molecule has 4 heterocycles. The van der Waals surface area contributed by atoms with E-state index in [9.17, 15) is 37.1 Å². The largest absolute Gasteiger partial charge is 0.269 e. The third kappa shape index (κ3) is 3.54. The number of nitro benzene ring substituents is 2. The summed E-state index contributed by atoms with van der Waals surface area (Å²) in [5.41, 5.74) is 1.22. The first kappa shape index (κ1) is 23.5. The van der Waals surface area contributed by atoms with Gasteiger partial charge < -0.3 is 0 Å². The first-order chi connectivity index (χ1) is 17.0. The molecule has 6 atom stereocenters. The molecule has 6 unspecified atom stereocenters. The van der Waals surface area contributed by atoms with Crippen LogP contribution < -0.4 is 0 Å². The van der Waals surface area contributed by atoms with Gasteiger partial charge in [-0.2, -0.15) is 0 Å². The Morgan fingerprint density at radius 2 is 0.944 bits per heavy atom. The zero-order valence-electron chi connectivity index (χ0n) is 18.8. The van der Waals surface area contributed by atoms with Gasteiger partial charge in [-0.3, -0.25) is 20.2 Å². The summed E-state index contributed by atoms with van der Waals surface area (Å²) >= 11 is 0. The summed E-state index contributed by atoms with van der Waals surface area (Å²) < 4.78 is 51.0. The predicted octanol–water partition coefficient (Wildman–Crippen LogP) is 1.66. The van der Waals surface area contributed by atoms with Gasteiger partial charge >= 0.3 is 0 Å². The van der Waals surface area contributed by atoms with E-state index in [0.29, 0.717) is 11.1 Å². The van der Waals surface area contributed by atoms with Crippen LogP contribution in [0.1, 0.15) is 23.2 Å². The summed E-state index contributed by atoms with van der Waals surface area (Å²) in [4.78, 5) is 21.3. The smallest absolute Gasteiger partial charge is 0.258 e. The molecule has 2 aromatic carbocycles. The van der Waals surface area contributed by atoms with Crippen molar-refractivity contribution in [3.05, 3.63) is 79.9 Å². The van der Waals surface area contributed by atoms with Crippen molar-refractivity contribution in [3.63, 3.8) is 0 Å². The summed E-state index contributed by atoms with van der Waals surface area (Å²) in [7, 11) is -6.72. The number of benzene rings is 2. The molecule has 0 spiro atoms. The molecule has 0 amide bonds. The molecule has 14 heteroatoms. The lowest BCUT2D eigenvalue weighted by Crippen LogP contribution is -2.43. The van der Waals surface area contributed by atoms with Gasteiger partial charge in [0.1, 0.15) is 0 Å². The van der Waals surface area contributed by atoms with E-state index in [-0.39, 0.29) is 46.2 Å². The van der Waals surface area contributed by atoms with Crippen LogP contribution in [-0.2, 0) is 19.7 Å². The van der Waals surface area contributed by atoms with E-state index in [0.717, 1.165) is 0 Å². The van der Waals surface area contributed by atoms with Crippen molar-refractivity contribution in [2.75, 3.05) is 23.0 Å². The lowest BCUT2D eigenvalue weighted by molar-refractivity contribution is -0.385. The molecule has 0 radical (unpaired) electrons. The molecule has 2 aromatic rings. The van der Waals surface area contributed by atoms with Crippen LogP contribution in [0.4, 0.5) is 11.4 Å². The molecule has 36 heavy (non-hydrogen) atoms. The first-order valence-corrected chi connectivity index (χ1v) is 15.1. The molecule has 0 bridgehead atoms. The maximum Gasteiger partial charge on any atom is 0.269 e. The van der Waals surface area contributed by atoms with Crippen molar-refractivity contribution in [3.8, 4) is 0 Å². The van der Waals surface area contributed by atoms with E-state index in [1.165, 1.54) is 24.3 Å². The highest BCUT2D eigenvalue weighted by molar-refractivity contribution is 7.92. The van der Waals surface area contributed by atoms with E-state index in [2.05, 4.69) is 0 Å². The molecule has 4 fully saturated rings. The summed E-state index contributed by atoms with van der Waals surface area (Å²) in [6, 6.07) is 10.3. The molecule has 4 saturated heterocycles. The molecule has 0 aromatic heterocycles. The summed E-state index contributed by atoms with van der Waals surface area (Å²) in [6.07, 6.45) is 0. The molecular formula is C22H22N4O8S2. The Hall–Kier alpha value is -2.94. The minimum atomic E-state index is -3.36. The number of hydrogen-bond acceptors (Lipinski definition) is 10. The highest BCUT2D eigenvalue weighted by Crippen LogP contribution is 2.58. The molecule has 0 saturated carbocycles. The Morgan fingerprint density at radius 1 is 0.611 bits per heavy atom. The Kier molecular flexibility index (Phi) is 5.07. The van der Waals surface area contributed by atoms with E-state index in [4.69, 9.17) is 0 Å². The molecule has 6 rings (SSSR count). The Bertz CT molecular complexity index is 1360. The highest BCUT2D eigenvalue weighted by atomic mass is 32.2. The van der Waals surface area contributed by atoms with Crippen LogP contribution in [-0.4, -0.2) is 71.8 Å². The number of nitrogens with zero attached hydrogens (tertiary/aromatic N) is 4. The SMILES string of the molecule is O=[N+]([O-])c1ccc(C2C3CS(=O)(=O)CC3N3C(c4ccc([N+](=O)[O-])cc4)C4CS(=O)(=O)CC4N23)cc1. The second-order valence-corrected chi connectivity index (χ2v) is 14.3. The van der Waals surface area contributed by atoms with Gasteiger partial charge in [0.15, 0.2) is 19.7 Å². The number of sulfone groups is 2. The second-order valence-electron chi connectivity index (χ2n) is 9.96. The van der Waals surface area contributed by atoms with Crippen molar-refractivity contribution >= 4 is 31.0 Å². The average molecular weight is 535 g/mol. The van der Waals surface area contributed by atoms with E-state index in [1.54, 1.807) is 24.3 Å². The van der Waals surface area contributed by atoms with Gasteiger partial charge in [0.2, 0.25) is 0 Å². The number of nitro groups is 2. The summed E-state index contributed by atoms with van der Waals surface area (Å²) in [5, 5.41) is 26.4. The Labute approximate surface area is 206 Å². The topological polar surface area (TPSA) is 161 Å². The van der Waals surface area contributed by atoms with E-state index >= 15 is 0 Å². The molecular weight excluding hydrogens is 512 g/mol. The van der Waals surface area contributed by atoms with E-state index < -0.39 is 53.7 Å². The van der Waals surface area contributed by atoms with E-state index in [1.807, 2.05) is 10.0 Å². The van der Waals surface area contributed by atoms with Crippen LogP contribution in [0.25, 0.3) is 0 Å². The predicted molar refractivity (Wildman–Crippen MR) is 127 cm³/mol. The minimum Gasteiger partial charge on any atom is -0.258 e. The van der Waals surface area contributed by atoms with Crippen molar-refractivity contribution in [2.24, 2.45) is 11.8 Å². The number of hydrogen-bond donors (Lipinski definition) is 0. The van der Waals surface area contributed by atoms with Gasteiger partial charge in [-0.05, 0) is 11.1 Å². The van der Waals surface area contributed by atoms with Crippen molar-refractivity contribution < 1.29 is 26.7 Å². The zero-order chi connectivity index (χ0) is 25.6. The number of fused-ring (bicyclic) bond motifs is 5. The Balaban J connectivity index is 1.49. The molecule has 0 N–H and O–H groups in total. The normalized spacial score (nSPS) is 34.2. The lowest BCUT2D eigenvalue weighted by atomic mass is 9.85. The van der Waals surface area contributed by atoms with Gasteiger partial charge in [-0.25, -0.2) is 26.9 Å². The van der Waals surface area contributed by atoms with Gasteiger partial charge in [0, 0.05) is 48.2 Å². The molecule has 190 valence electrons. The third-order valence-electron chi connectivity index (χ3n) is 7.95. The van der Waals surface area contributed by atoms with Crippen LogP contribution >= 0.6 is 0 Å². The molecule has 4 aliphatic heterocycles. The molecule has 4 aliphatic rings. The van der Waals surface area contributed by atoms with Crippen molar-refractivity contribution in [1.29, 1.82) is 0 Å². The number of hydrazine groups is 1. The summed E-state index contributed by atoms with van der Waals surface area (Å²) in [5.74, 6) is -0.976. The highest BCUT2D eigenvalue weighted by Gasteiger charge is 2.66. The number of non-ortho nitro benzene ring substituents is 2. The van der Waals surface area contributed by atoms with Crippen LogP contribution in [0.5, 0.6) is 0 Å².